The molecule has 2 heterocycles. The molecule has 0 amide bonds. The van der Waals surface area contributed by atoms with Crippen LogP contribution >= 0.6 is 27.3 Å². The maximum Gasteiger partial charge on any atom is 0.124 e. The Labute approximate surface area is 118 Å². The Kier molecular flexibility index (Phi) is 3.39. The number of halogens is 1. The third-order valence-corrected chi connectivity index (χ3v) is 4.95. The van der Waals surface area contributed by atoms with E-state index in [2.05, 4.69) is 38.2 Å². The Balaban J connectivity index is 1.86. The molecular formula is C13H13BrN2OS. The maximum absolute atomic E-state index is 5.98. The molecule has 2 atom stereocenters. The third kappa shape index (κ3) is 2.07. The van der Waals surface area contributed by atoms with Crippen molar-refractivity contribution in [3.05, 3.63) is 50.6 Å². The SMILES string of the molecule is NNC(c1cscc1Br)C1Cc2ccccc2O1. The quantitative estimate of drug-likeness (QED) is 0.674. The van der Waals surface area contributed by atoms with E-state index in [9.17, 15) is 0 Å². The first-order chi connectivity index (χ1) is 8.79. The Hall–Kier alpha value is -0.880. The number of hydrazine groups is 1. The van der Waals surface area contributed by atoms with Crippen LogP contribution in [0, 0.1) is 0 Å². The number of fused-ring (bicyclic) bond motifs is 1. The molecule has 0 aliphatic carbocycles. The van der Waals surface area contributed by atoms with Crippen LogP contribution < -0.4 is 16.0 Å². The second-order valence-corrected chi connectivity index (χ2v) is 5.89. The molecule has 0 spiro atoms. The van der Waals surface area contributed by atoms with Crippen LogP contribution in [0.2, 0.25) is 0 Å². The fraction of sp³-hybridized carbons (Fsp3) is 0.231. The number of rotatable bonds is 3. The molecule has 3 rings (SSSR count). The summed E-state index contributed by atoms with van der Waals surface area (Å²) < 4.78 is 7.06. The molecule has 1 aromatic carbocycles. The lowest BCUT2D eigenvalue weighted by molar-refractivity contribution is 0.179. The number of hydrogen-bond acceptors (Lipinski definition) is 4. The van der Waals surface area contributed by atoms with Gasteiger partial charge in [0.15, 0.2) is 0 Å². The van der Waals surface area contributed by atoms with E-state index in [1.807, 2.05) is 18.2 Å². The van der Waals surface area contributed by atoms with Crippen molar-refractivity contribution in [3.63, 3.8) is 0 Å². The molecule has 3 nitrogen and oxygen atoms in total. The second kappa shape index (κ2) is 5.01. The van der Waals surface area contributed by atoms with Crippen LogP contribution in [-0.4, -0.2) is 6.10 Å². The lowest BCUT2D eigenvalue weighted by Gasteiger charge is -2.22. The molecule has 1 aliphatic heterocycles. The monoisotopic (exact) mass is 324 g/mol. The van der Waals surface area contributed by atoms with Crippen LogP contribution in [0.25, 0.3) is 0 Å². The van der Waals surface area contributed by atoms with Crippen molar-refractivity contribution in [1.29, 1.82) is 0 Å². The first-order valence-electron chi connectivity index (χ1n) is 5.72. The highest BCUT2D eigenvalue weighted by Gasteiger charge is 2.31. The molecule has 2 unspecified atom stereocenters. The predicted molar refractivity (Wildman–Crippen MR) is 76.6 cm³/mol. The van der Waals surface area contributed by atoms with Gasteiger partial charge in [-0.2, -0.15) is 11.3 Å². The van der Waals surface area contributed by atoms with Crippen molar-refractivity contribution in [1.82, 2.24) is 5.43 Å². The lowest BCUT2D eigenvalue weighted by Crippen LogP contribution is -2.38. The van der Waals surface area contributed by atoms with Crippen molar-refractivity contribution in [2.24, 2.45) is 5.84 Å². The van der Waals surface area contributed by atoms with Gasteiger partial charge < -0.3 is 4.74 Å². The average molecular weight is 325 g/mol. The normalized spacial score (nSPS) is 19.3. The highest BCUT2D eigenvalue weighted by atomic mass is 79.9. The summed E-state index contributed by atoms with van der Waals surface area (Å²) in [4.78, 5) is 0. The van der Waals surface area contributed by atoms with Crippen LogP contribution in [0.3, 0.4) is 0 Å². The molecule has 1 aromatic heterocycles. The van der Waals surface area contributed by atoms with Crippen molar-refractivity contribution < 1.29 is 4.74 Å². The first-order valence-corrected chi connectivity index (χ1v) is 7.45. The molecule has 1 aliphatic rings. The van der Waals surface area contributed by atoms with E-state index in [0.717, 1.165) is 22.2 Å². The van der Waals surface area contributed by atoms with Gasteiger partial charge in [-0.05, 0) is 38.5 Å². The second-order valence-electron chi connectivity index (χ2n) is 4.29. The topological polar surface area (TPSA) is 47.3 Å². The van der Waals surface area contributed by atoms with Crippen LogP contribution in [0.1, 0.15) is 17.2 Å². The molecule has 18 heavy (non-hydrogen) atoms. The minimum atomic E-state index is -0.00183. The standard InChI is InChI=1S/C13H13BrN2OS/c14-10-7-18-6-9(10)13(16-15)12-5-8-3-1-2-4-11(8)17-12/h1-4,6-7,12-13,16H,5,15H2. The van der Waals surface area contributed by atoms with Gasteiger partial charge in [0.2, 0.25) is 0 Å². The zero-order valence-electron chi connectivity index (χ0n) is 9.60. The molecule has 0 fully saturated rings. The van der Waals surface area contributed by atoms with Gasteiger partial charge >= 0.3 is 0 Å². The zero-order valence-corrected chi connectivity index (χ0v) is 12.0. The Morgan fingerprint density at radius 3 is 2.89 bits per heavy atom. The molecule has 0 saturated heterocycles. The minimum absolute atomic E-state index is 0.00183. The molecule has 0 radical (unpaired) electrons. The van der Waals surface area contributed by atoms with E-state index in [1.165, 1.54) is 5.56 Å². The fourth-order valence-electron chi connectivity index (χ4n) is 2.31. The van der Waals surface area contributed by atoms with Gasteiger partial charge in [0.05, 0.1) is 6.04 Å². The smallest absolute Gasteiger partial charge is 0.124 e. The molecule has 2 aromatic rings. The van der Waals surface area contributed by atoms with E-state index >= 15 is 0 Å². The third-order valence-electron chi connectivity index (χ3n) is 3.20. The molecule has 3 N–H and O–H groups in total. The summed E-state index contributed by atoms with van der Waals surface area (Å²) in [5.74, 6) is 6.67. The number of nitrogens with one attached hydrogen (secondary N) is 1. The van der Waals surface area contributed by atoms with Gasteiger partial charge in [0.25, 0.3) is 0 Å². The van der Waals surface area contributed by atoms with Crippen LogP contribution in [0.5, 0.6) is 5.75 Å². The number of nitrogens with two attached hydrogens (primary N) is 1. The van der Waals surface area contributed by atoms with E-state index < -0.39 is 0 Å². The number of para-hydroxylation sites is 1. The largest absolute Gasteiger partial charge is 0.488 e. The van der Waals surface area contributed by atoms with E-state index in [1.54, 1.807) is 11.3 Å². The number of hydrogen-bond donors (Lipinski definition) is 2. The highest BCUT2D eigenvalue weighted by molar-refractivity contribution is 9.10. The molecular weight excluding hydrogens is 312 g/mol. The minimum Gasteiger partial charge on any atom is -0.488 e. The number of thiophene rings is 1. The summed E-state index contributed by atoms with van der Waals surface area (Å²) in [6.07, 6.45) is 0.922. The van der Waals surface area contributed by atoms with Crippen molar-refractivity contribution in [3.8, 4) is 5.75 Å². The summed E-state index contributed by atoms with van der Waals surface area (Å²) in [6.45, 7) is 0. The van der Waals surface area contributed by atoms with E-state index in [4.69, 9.17) is 10.6 Å². The molecule has 94 valence electrons. The Morgan fingerprint density at radius 1 is 1.39 bits per heavy atom. The summed E-state index contributed by atoms with van der Waals surface area (Å²) in [7, 11) is 0. The van der Waals surface area contributed by atoms with E-state index in [-0.39, 0.29) is 12.1 Å². The van der Waals surface area contributed by atoms with Crippen molar-refractivity contribution in [2.75, 3.05) is 0 Å². The van der Waals surface area contributed by atoms with Gasteiger partial charge in [-0.25, -0.2) is 5.43 Å². The first kappa shape index (κ1) is 12.2. The number of ether oxygens (including phenoxy) is 1. The molecule has 0 bridgehead atoms. The molecule has 5 heteroatoms. The lowest BCUT2D eigenvalue weighted by atomic mass is 10.0. The maximum atomic E-state index is 5.98. The zero-order chi connectivity index (χ0) is 12.5. The highest BCUT2D eigenvalue weighted by Crippen LogP contribution is 2.36. The van der Waals surface area contributed by atoms with Gasteiger partial charge in [0, 0.05) is 16.3 Å². The summed E-state index contributed by atoms with van der Waals surface area (Å²) >= 11 is 5.20. The van der Waals surface area contributed by atoms with Crippen molar-refractivity contribution in [2.45, 2.75) is 18.6 Å². The average Bonchev–Trinajstić information content (AvgIpc) is 2.97. The van der Waals surface area contributed by atoms with Gasteiger partial charge in [-0.15, -0.1) is 0 Å². The number of benzene rings is 1. The summed E-state index contributed by atoms with van der Waals surface area (Å²) in [5.41, 5.74) is 5.27. The van der Waals surface area contributed by atoms with Gasteiger partial charge in [0.1, 0.15) is 11.9 Å². The summed E-state index contributed by atoms with van der Waals surface area (Å²) in [6, 6.07) is 8.14. The van der Waals surface area contributed by atoms with Crippen LogP contribution in [-0.2, 0) is 6.42 Å². The van der Waals surface area contributed by atoms with Crippen molar-refractivity contribution >= 4 is 27.3 Å². The molecule has 0 saturated carbocycles. The fourth-order valence-corrected chi connectivity index (χ4v) is 3.89. The Bertz CT molecular complexity index is 532. The predicted octanol–water partition coefficient (Wildman–Crippen LogP) is 3.02. The van der Waals surface area contributed by atoms with Gasteiger partial charge in [-0.1, -0.05) is 18.2 Å². The van der Waals surface area contributed by atoms with Crippen LogP contribution in [0.15, 0.2) is 39.5 Å². The van der Waals surface area contributed by atoms with Gasteiger partial charge in [-0.3, -0.25) is 5.84 Å². The summed E-state index contributed by atoms with van der Waals surface area (Å²) in [5, 5.41) is 4.16. The van der Waals surface area contributed by atoms with E-state index in [0.29, 0.717) is 0 Å². The Morgan fingerprint density at radius 2 is 2.22 bits per heavy atom. The van der Waals surface area contributed by atoms with Crippen LogP contribution in [0.4, 0.5) is 0 Å².